The van der Waals surface area contributed by atoms with Crippen LogP contribution in [0.3, 0.4) is 0 Å². The van der Waals surface area contributed by atoms with Crippen molar-refractivity contribution in [3.05, 3.63) is 25.3 Å². The Morgan fingerprint density at radius 3 is 2.39 bits per heavy atom. The van der Waals surface area contributed by atoms with Gasteiger partial charge in [0.05, 0.1) is 23.2 Å². The predicted molar refractivity (Wildman–Crippen MR) is 123 cm³/mol. The van der Waals surface area contributed by atoms with Crippen LogP contribution in [0.25, 0.3) is 0 Å². The fraction of sp³-hybridized carbons (Fsp3) is 0.696. The van der Waals surface area contributed by atoms with Crippen molar-refractivity contribution in [2.24, 2.45) is 17.8 Å². The summed E-state index contributed by atoms with van der Waals surface area (Å²) in [7, 11) is -2.08. The van der Waals surface area contributed by atoms with Crippen molar-refractivity contribution < 1.29 is 27.9 Å². The molecule has 0 saturated heterocycles. The topological polar surface area (TPSA) is 133 Å². The number of sulfonamides is 1. The Bertz CT molecular complexity index is 915. The van der Waals surface area contributed by atoms with E-state index in [0.29, 0.717) is 19.4 Å². The van der Waals surface area contributed by atoms with E-state index >= 15 is 0 Å². The number of hydrogen-bond donors (Lipinski definition) is 3. The van der Waals surface area contributed by atoms with Gasteiger partial charge in [0.2, 0.25) is 21.8 Å². The summed E-state index contributed by atoms with van der Waals surface area (Å²) in [4.78, 5) is 40.7. The second-order valence-corrected chi connectivity index (χ2v) is 11.5. The summed E-state index contributed by atoms with van der Waals surface area (Å²) < 4.78 is 26.6. The maximum Gasteiger partial charge on any atom is 0.259 e. The molecule has 0 radical (unpaired) electrons. The molecule has 0 aromatic rings. The molecule has 5 unspecified atom stereocenters. The minimum Gasteiger partial charge on any atom is -0.393 e. The molecule has 3 rings (SSSR count). The number of unbranched alkanes of at least 4 members (excludes halogenated alkanes) is 2. The maximum atomic E-state index is 13.2. The molecule has 5 atom stereocenters. The first-order valence-electron chi connectivity index (χ1n) is 11.6. The minimum absolute atomic E-state index is 0.114. The lowest BCUT2D eigenvalue weighted by Crippen LogP contribution is -2.54. The molecule has 10 heteroatoms. The van der Waals surface area contributed by atoms with Crippen LogP contribution in [0.1, 0.15) is 51.4 Å². The molecule has 3 amide bonds. The van der Waals surface area contributed by atoms with E-state index in [2.05, 4.69) is 23.2 Å². The van der Waals surface area contributed by atoms with E-state index in [1.807, 2.05) is 6.08 Å². The van der Waals surface area contributed by atoms with Crippen LogP contribution in [0.4, 0.5) is 0 Å². The molecule has 3 aliphatic carbocycles. The number of rotatable bonds is 12. The third-order valence-corrected chi connectivity index (χ3v) is 8.79. The van der Waals surface area contributed by atoms with Gasteiger partial charge in [0, 0.05) is 19.5 Å². The van der Waals surface area contributed by atoms with E-state index in [0.717, 1.165) is 19.3 Å². The Hall–Kier alpha value is -2.20. The van der Waals surface area contributed by atoms with E-state index in [1.165, 1.54) is 6.08 Å². The Labute approximate surface area is 195 Å². The Kier molecular flexibility index (Phi) is 7.68. The fourth-order valence-electron chi connectivity index (χ4n) is 4.63. The third-order valence-electron chi connectivity index (χ3n) is 6.97. The molecule has 0 aliphatic heterocycles. The number of carbonyl (C=O) groups excluding carboxylic acids is 3. The SMILES string of the molecule is C=CCCCCN(C)C(=O)C1CC(O)CC1C(=O)NC1(C(=O)NS(=O)(=O)C2CC2)CC1C=C. The zero-order chi connectivity index (χ0) is 24.4. The maximum absolute atomic E-state index is 13.2. The van der Waals surface area contributed by atoms with E-state index in [9.17, 15) is 27.9 Å². The normalized spacial score (nSPS) is 30.8. The number of hydrogen-bond acceptors (Lipinski definition) is 6. The Morgan fingerprint density at radius 2 is 1.82 bits per heavy atom. The molecule has 3 aliphatic rings. The van der Waals surface area contributed by atoms with Crippen LogP contribution in [-0.4, -0.2) is 66.6 Å². The van der Waals surface area contributed by atoms with Crippen LogP contribution in [0, 0.1) is 17.8 Å². The van der Waals surface area contributed by atoms with Gasteiger partial charge >= 0.3 is 0 Å². The summed E-state index contributed by atoms with van der Waals surface area (Å²) in [5, 5.41) is 12.4. The summed E-state index contributed by atoms with van der Waals surface area (Å²) in [6, 6.07) is 0. The molecule has 9 nitrogen and oxygen atoms in total. The van der Waals surface area contributed by atoms with Crippen molar-refractivity contribution >= 4 is 27.7 Å². The van der Waals surface area contributed by atoms with Crippen molar-refractivity contribution in [3.8, 4) is 0 Å². The molecule has 0 aromatic carbocycles. The summed E-state index contributed by atoms with van der Waals surface area (Å²) in [5.74, 6) is -3.39. The second kappa shape index (κ2) is 9.97. The van der Waals surface area contributed by atoms with Gasteiger partial charge in [-0.1, -0.05) is 12.2 Å². The summed E-state index contributed by atoms with van der Waals surface area (Å²) in [6.45, 7) is 7.90. The first-order valence-corrected chi connectivity index (χ1v) is 13.1. The molecule has 184 valence electrons. The van der Waals surface area contributed by atoms with Crippen LogP contribution >= 0.6 is 0 Å². The molecule has 0 spiro atoms. The van der Waals surface area contributed by atoms with Gasteiger partial charge in [0.1, 0.15) is 5.54 Å². The molecular formula is C23H35N3O6S. The molecule has 3 N–H and O–H groups in total. The van der Waals surface area contributed by atoms with Gasteiger partial charge in [-0.3, -0.25) is 19.1 Å². The van der Waals surface area contributed by atoms with Crippen LogP contribution in [0.5, 0.6) is 0 Å². The largest absolute Gasteiger partial charge is 0.393 e. The van der Waals surface area contributed by atoms with E-state index in [1.54, 1.807) is 11.9 Å². The second-order valence-electron chi connectivity index (χ2n) is 9.56. The summed E-state index contributed by atoms with van der Waals surface area (Å²) >= 11 is 0. The highest BCUT2D eigenvalue weighted by atomic mass is 32.2. The van der Waals surface area contributed by atoms with Crippen molar-refractivity contribution in [1.82, 2.24) is 14.9 Å². The number of aliphatic hydroxyl groups is 1. The number of amides is 3. The lowest BCUT2D eigenvalue weighted by molar-refractivity contribution is -0.140. The Morgan fingerprint density at radius 1 is 1.15 bits per heavy atom. The lowest BCUT2D eigenvalue weighted by atomic mass is 9.93. The third kappa shape index (κ3) is 5.66. The van der Waals surface area contributed by atoms with Gasteiger partial charge in [-0.25, -0.2) is 8.42 Å². The van der Waals surface area contributed by atoms with E-state index in [-0.39, 0.29) is 25.2 Å². The number of aliphatic hydroxyl groups excluding tert-OH is 1. The number of carbonyl (C=O) groups is 3. The van der Waals surface area contributed by atoms with Crippen LogP contribution < -0.4 is 10.0 Å². The highest BCUT2D eigenvalue weighted by molar-refractivity contribution is 7.91. The lowest BCUT2D eigenvalue weighted by Gasteiger charge is -2.26. The number of allylic oxidation sites excluding steroid dienone is 1. The molecule has 0 bridgehead atoms. The standard InChI is InChI=1S/C23H35N3O6S/c1-4-6-7-8-11-26(3)21(29)19-13-16(27)12-18(19)20(28)24-23(14-15(23)5-2)22(30)25-33(31,32)17-9-10-17/h4-5,15-19,27H,1-2,6-14H2,3H3,(H,24,28)(H,25,30). The highest BCUT2D eigenvalue weighted by Gasteiger charge is 2.62. The predicted octanol–water partition coefficient (Wildman–Crippen LogP) is 0.858. The van der Waals surface area contributed by atoms with Crippen LogP contribution in [0.15, 0.2) is 25.3 Å². The van der Waals surface area contributed by atoms with Crippen LogP contribution in [-0.2, 0) is 24.4 Å². The molecule has 3 fully saturated rings. The van der Waals surface area contributed by atoms with E-state index in [4.69, 9.17) is 0 Å². The van der Waals surface area contributed by atoms with Gasteiger partial charge in [-0.15, -0.1) is 13.2 Å². The first-order chi connectivity index (χ1) is 15.6. The van der Waals surface area contributed by atoms with Gasteiger partial charge in [0.25, 0.3) is 5.91 Å². The number of nitrogens with one attached hydrogen (secondary N) is 2. The van der Waals surface area contributed by atoms with Gasteiger partial charge in [-0.2, -0.15) is 0 Å². The van der Waals surface area contributed by atoms with Gasteiger partial charge in [0.15, 0.2) is 0 Å². The summed E-state index contributed by atoms with van der Waals surface area (Å²) in [5.41, 5.74) is -1.39. The fourth-order valence-corrected chi connectivity index (χ4v) is 6.00. The van der Waals surface area contributed by atoms with Crippen molar-refractivity contribution in [2.45, 2.75) is 68.3 Å². The molecule has 33 heavy (non-hydrogen) atoms. The molecule has 0 heterocycles. The summed E-state index contributed by atoms with van der Waals surface area (Å²) in [6.07, 6.45) is 6.68. The molecular weight excluding hydrogens is 446 g/mol. The van der Waals surface area contributed by atoms with Crippen molar-refractivity contribution in [3.63, 3.8) is 0 Å². The van der Waals surface area contributed by atoms with Crippen molar-refractivity contribution in [2.75, 3.05) is 13.6 Å². The van der Waals surface area contributed by atoms with Gasteiger partial charge in [-0.05, 0) is 51.4 Å². The average Bonchev–Trinajstić information content (AvgIpc) is 3.67. The van der Waals surface area contributed by atoms with Crippen molar-refractivity contribution in [1.29, 1.82) is 0 Å². The zero-order valence-corrected chi connectivity index (χ0v) is 20.0. The number of nitrogens with zero attached hydrogens (tertiary/aromatic N) is 1. The molecule has 0 aromatic heterocycles. The van der Waals surface area contributed by atoms with Gasteiger partial charge < -0.3 is 15.3 Å². The minimum atomic E-state index is -3.77. The average molecular weight is 482 g/mol. The quantitative estimate of drug-likeness (QED) is 0.280. The first kappa shape index (κ1) is 25.4. The zero-order valence-electron chi connectivity index (χ0n) is 19.2. The highest BCUT2D eigenvalue weighted by Crippen LogP contribution is 2.46. The smallest absolute Gasteiger partial charge is 0.259 e. The molecule has 3 saturated carbocycles. The monoisotopic (exact) mass is 481 g/mol. The van der Waals surface area contributed by atoms with E-state index < -0.39 is 56.5 Å². The van der Waals surface area contributed by atoms with Crippen LogP contribution in [0.2, 0.25) is 0 Å². The Balaban J connectivity index is 1.67.